The molecule has 0 atom stereocenters. The van der Waals surface area contributed by atoms with Crippen molar-refractivity contribution in [1.29, 1.82) is 0 Å². The minimum absolute atomic E-state index is 0.169. The lowest BCUT2D eigenvalue weighted by Crippen LogP contribution is -2.15. The monoisotopic (exact) mass is 250 g/mol. The lowest BCUT2D eigenvalue weighted by atomic mass is 9.95. The van der Waals surface area contributed by atoms with E-state index in [9.17, 15) is 4.79 Å². The molecule has 0 unspecified atom stereocenters. The molecule has 2 rings (SSSR count). The number of nitrogens with zero attached hydrogens (tertiary/aromatic N) is 2. The summed E-state index contributed by atoms with van der Waals surface area (Å²) in [6, 6.07) is 0.524. The van der Waals surface area contributed by atoms with E-state index in [1.165, 1.54) is 43.4 Å². The minimum atomic E-state index is -0.751. The quantitative estimate of drug-likeness (QED) is 0.893. The first-order valence-corrected chi connectivity index (χ1v) is 6.86. The molecule has 0 bridgehead atoms. The third-order valence-electron chi connectivity index (χ3n) is 4.04. The number of aromatic nitrogens is 2. The molecule has 1 saturated carbocycles. The summed E-state index contributed by atoms with van der Waals surface area (Å²) >= 11 is 0. The van der Waals surface area contributed by atoms with Gasteiger partial charge < -0.3 is 5.11 Å². The average molecular weight is 250 g/mol. The molecule has 0 spiro atoms. The van der Waals surface area contributed by atoms with E-state index >= 15 is 0 Å². The zero-order chi connectivity index (χ0) is 13.1. The summed E-state index contributed by atoms with van der Waals surface area (Å²) in [5, 5.41) is 13.4. The van der Waals surface area contributed by atoms with Gasteiger partial charge in [-0.15, -0.1) is 0 Å². The molecule has 0 amide bonds. The van der Waals surface area contributed by atoms with Gasteiger partial charge in [0.2, 0.25) is 0 Å². The maximum Gasteiger partial charge on any atom is 0.303 e. The Morgan fingerprint density at radius 2 is 2.00 bits per heavy atom. The minimum Gasteiger partial charge on any atom is -0.481 e. The predicted octanol–water partition coefficient (Wildman–Crippen LogP) is 3.02. The Bertz CT molecular complexity index is 431. The van der Waals surface area contributed by atoms with Crippen molar-refractivity contribution in [1.82, 2.24) is 9.78 Å². The van der Waals surface area contributed by atoms with Crippen LogP contribution in [0.2, 0.25) is 0 Å². The van der Waals surface area contributed by atoms with Crippen LogP contribution in [0.3, 0.4) is 0 Å². The fourth-order valence-corrected chi connectivity index (χ4v) is 2.80. The highest BCUT2D eigenvalue weighted by Gasteiger charge is 2.20. The van der Waals surface area contributed by atoms with Gasteiger partial charge in [0.15, 0.2) is 0 Å². The molecule has 18 heavy (non-hydrogen) atoms. The first kappa shape index (κ1) is 13.1. The molecule has 1 heterocycles. The van der Waals surface area contributed by atoms with Crippen molar-refractivity contribution in [3.63, 3.8) is 0 Å². The molecule has 0 radical (unpaired) electrons. The van der Waals surface area contributed by atoms with Gasteiger partial charge in [-0.3, -0.25) is 9.48 Å². The van der Waals surface area contributed by atoms with Gasteiger partial charge in [-0.05, 0) is 32.3 Å². The molecular formula is C14H22N2O2. The Balaban J connectivity index is 2.15. The van der Waals surface area contributed by atoms with Crippen molar-refractivity contribution >= 4 is 5.97 Å². The Morgan fingerprint density at radius 3 is 2.61 bits per heavy atom. The van der Waals surface area contributed by atoms with Crippen molar-refractivity contribution in [2.75, 3.05) is 0 Å². The van der Waals surface area contributed by atoms with Gasteiger partial charge >= 0.3 is 5.97 Å². The fraction of sp³-hybridized carbons (Fsp3) is 0.714. The summed E-state index contributed by atoms with van der Waals surface area (Å²) in [7, 11) is 0. The van der Waals surface area contributed by atoms with Crippen LogP contribution < -0.4 is 0 Å². The number of aliphatic carboxylic acids is 1. The molecule has 0 aromatic carbocycles. The Kier molecular flexibility index (Phi) is 4.04. The van der Waals surface area contributed by atoms with Crippen LogP contribution in [0, 0.1) is 13.8 Å². The van der Waals surface area contributed by atoms with E-state index in [2.05, 4.69) is 23.6 Å². The maximum atomic E-state index is 10.6. The average Bonchev–Trinajstić information content (AvgIpc) is 2.65. The Morgan fingerprint density at radius 1 is 1.33 bits per heavy atom. The number of rotatable bonds is 4. The van der Waals surface area contributed by atoms with E-state index in [1.54, 1.807) is 0 Å². The summed E-state index contributed by atoms with van der Waals surface area (Å²) in [4.78, 5) is 10.6. The molecule has 4 heteroatoms. The largest absolute Gasteiger partial charge is 0.481 e. The third-order valence-corrected chi connectivity index (χ3v) is 4.04. The smallest absolute Gasteiger partial charge is 0.303 e. The summed E-state index contributed by atoms with van der Waals surface area (Å²) in [6.45, 7) is 4.15. The van der Waals surface area contributed by atoms with E-state index in [4.69, 9.17) is 5.11 Å². The van der Waals surface area contributed by atoms with E-state index in [1.807, 2.05) is 0 Å². The standard InChI is InChI=1S/C14H22N2O2/c1-10-11(2)16(12-6-4-3-5-7-12)15-13(10)8-9-14(17)18/h12H,3-9H2,1-2H3,(H,17,18). The number of hydrogen-bond acceptors (Lipinski definition) is 2. The third kappa shape index (κ3) is 2.74. The van der Waals surface area contributed by atoms with Crippen molar-refractivity contribution in [2.24, 2.45) is 0 Å². The van der Waals surface area contributed by atoms with Crippen LogP contribution in [-0.4, -0.2) is 20.9 Å². The Labute approximate surface area is 108 Å². The molecule has 1 fully saturated rings. The fourth-order valence-electron chi connectivity index (χ4n) is 2.80. The topological polar surface area (TPSA) is 55.1 Å². The van der Waals surface area contributed by atoms with Crippen molar-refractivity contribution < 1.29 is 9.90 Å². The molecular weight excluding hydrogens is 228 g/mol. The van der Waals surface area contributed by atoms with Crippen molar-refractivity contribution in [2.45, 2.75) is 64.8 Å². The van der Waals surface area contributed by atoms with Crippen LogP contribution in [-0.2, 0) is 11.2 Å². The van der Waals surface area contributed by atoms with Crippen LogP contribution in [0.5, 0.6) is 0 Å². The van der Waals surface area contributed by atoms with Crippen LogP contribution in [0.1, 0.15) is 61.5 Å². The van der Waals surface area contributed by atoms with Gasteiger partial charge in [0.05, 0.1) is 18.2 Å². The molecule has 1 aromatic heterocycles. The van der Waals surface area contributed by atoms with Gasteiger partial charge in [0.1, 0.15) is 0 Å². The summed E-state index contributed by atoms with van der Waals surface area (Å²) in [5.41, 5.74) is 3.34. The van der Waals surface area contributed by atoms with Gasteiger partial charge in [0, 0.05) is 12.1 Å². The molecule has 1 aromatic rings. The number of hydrogen-bond donors (Lipinski definition) is 1. The number of carboxylic acids is 1. The van der Waals surface area contributed by atoms with Gasteiger partial charge in [-0.1, -0.05) is 19.3 Å². The number of carboxylic acid groups (broad SMARTS) is 1. The van der Waals surface area contributed by atoms with E-state index < -0.39 is 5.97 Å². The van der Waals surface area contributed by atoms with E-state index in [-0.39, 0.29) is 6.42 Å². The van der Waals surface area contributed by atoms with Crippen LogP contribution in [0.25, 0.3) is 0 Å². The first-order chi connectivity index (χ1) is 8.59. The van der Waals surface area contributed by atoms with Crippen LogP contribution in [0.15, 0.2) is 0 Å². The highest BCUT2D eigenvalue weighted by Crippen LogP contribution is 2.30. The zero-order valence-corrected chi connectivity index (χ0v) is 11.3. The summed E-state index contributed by atoms with van der Waals surface area (Å²) < 4.78 is 2.14. The highest BCUT2D eigenvalue weighted by atomic mass is 16.4. The lowest BCUT2D eigenvalue weighted by Gasteiger charge is -2.23. The SMILES string of the molecule is Cc1c(CCC(=O)O)nn(C2CCCCC2)c1C. The summed E-state index contributed by atoms with van der Waals surface area (Å²) in [6.07, 6.45) is 7.03. The predicted molar refractivity (Wildman–Crippen MR) is 69.8 cm³/mol. The highest BCUT2D eigenvalue weighted by molar-refractivity contribution is 5.67. The number of carbonyl (C=O) groups is 1. The van der Waals surface area contributed by atoms with Gasteiger partial charge in [-0.25, -0.2) is 0 Å². The molecule has 1 aliphatic carbocycles. The lowest BCUT2D eigenvalue weighted by molar-refractivity contribution is -0.136. The normalized spacial score (nSPS) is 17.0. The van der Waals surface area contributed by atoms with E-state index in [0.717, 1.165) is 5.69 Å². The molecule has 0 aliphatic heterocycles. The summed E-state index contributed by atoms with van der Waals surface area (Å²) in [5.74, 6) is -0.751. The maximum absolute atomic E-state index is 10.6. The number of aryl methyl sites for hydroxylation is 1. The Hall–Kier alpha value is -1.32. The van der Waals surface area contributed by atoms with E-state index in [0.29, 0.717) is 12.5 Å². The molecule has 0 saturated heterocycles. The van der Waals surface area contributed by atoms with Gasteiger partial charge in [-0.2, -0.15) is 5.10 Å². The second-order valence-corrected chi connectivity index (χ2v) is 5.29. The van der Waals surface area contributed by atoms with Crippen molar-refractivity contribution in [3.05, 3.63) is 17.0 Å². The zero-order valence-electron chi connectivity index (χ0n) is 11.3. The molecule has 100 valence electrons. The molecule has 1 aliphatic rings. The van der Waals surface area contributed by atoms with Crippen LogP contribution >= 0.6 is 0 Å². The molecule has 4 nitrogen and oxygen atoms in total. The van der Waals surface area contributed by atoms with Crippen molar-refractivity contribution in [3.8, 4) is 0 Å². The molecule has 1 N–H and O–H groups in total. The van der Waals surface area contributed by atoms with Gasteiger partial charge in [0.25, 0.3) is 0 Å². The first-order valence-electron chi connectivity index (χ1n) is 6.86. The second kappa shape index (κ2) is 5.55. The van der Waals surface area contributed by atoms with Crippen LogP contribution in [0.4, 0.5) is 0 Å². The second-order valence-electron chi connectivity index (χ2n) is 5.29.